The number of amides is 1. The van der Waals surface area contributed by atoms with Crippen molar-refractivity contribution in [3.63, 3.8) is 0 Å². The lowest BCUT2D eigenvalue weighted by Gasteiger charge is -2.30. The highest BCUT2D eigenvalue weighted by Gasteiger charge is 2.29. The Bertz CT molecular complexity index is 272. The van der Waals surface area contributed by atoms with Crippen molar-refractivity contribution in [1.29, 1.82) is 0 Å². The Balaban J connectivity index is 1.90. The third-order valence-corrected chi connectivity index (χ3v) is 3.99. The molecule has 2 saturated heterocycles. The highest BCUT2D eigenvalue weighted by molar-refractivity contribution is 5.82. The smallest absolute Gasteiger partial charge is 0.241 e. The van der Waals surface area contributed by atoms with Crippen molar-refractivity contribution in [2.75, 3.05) is 32.7 Å². The van der Waals surface area contributed by atoms with Gasteiger partial charge in [-0.25, -0.2) is 0 Å². The van der Waals surface area contributed by atoms with Crippen LogP contribution < -0.4 is 10.6 Å². The van der Waals surface area contributed by atoms with Crippen molar-refractivity contribution in [3.05, 3.63) is 0 Å². The Morgan fingerprint density at radius 2 is 2.06 bits per heavy atom. The first-order chi connectivity index (χ1) is 8.08. The molecule has 0 aliphatic carbocycles. The summed E-state index contributed by atoms with van der Waals surface area (Å²) >= 11 is 0. The minimum absolute atomic E-state index is 0.00929. The lowest BCUT2D eigenvalue weighted by molar-refractivity contribution is -0.133. The van der Waals surface area contributed by atoms with Gasteiger partial charge < -0.3 is 15.5 Å². The second-order valence-electron chi connectivity index (χ2n) is 6.05. The van der Waals surface area contributed by atoms with E-state index in [1.54, 1.807) is 0 Å². The topological polar surface area (TPSA) is 44.4 Å². The number of likely N-dealkylation sites (tertiary alicyclic amines) is 1. The van der Waals surface area contributed by atoms with Gasteiger partial charge in [0, 0.05) is 32.7 Å². The molecule has 4 nitrogen and oxygen atoms in total. The summed E-state index contributed by atoms with van der Waals surface area (Å²) in [5.74, 6) is 0.287. The molecule has 2 N–H and O–H groups in total. The molecule has 2 heterocycles. The highest BCUT2D eigenvalue weighted by atomic mass is 16.2. The molecule has 0 spiro atoms. The molecule has 0 aromatic carbocycles. The summed E-state index contributed by atoms with van der Waals surface area (Å²) in [5.41, 5.74) is 0.396. The average molecular weight is 239 g/mol. The molecule has 98 valence electrons. The molecule has 2 aliphatic rings. The van der Waals surface area contributed by atoms with E-state index >= 15 is 0 Å². The summed E-state index contributed by atoms with van der Waals surface area (Å²) in [6.07, 6.45) is 3.49. The molecule has 1 unspecified atom stereocenters. The first kappa shape index (κ1) is 12.8. The Morgan fingerprint density at radius 1 is 1.24 bits per heavy atom. The van der Waals surface area contributed by atoms with Gasteiger partial charge in [-0.15, -0.1) is 0 Å². The molecule has 4 heteroatoms. The van der Waals surface area contributed by atoms with Gasteiger partial charge in [-0.3, -0.25) is 4.79 Å². The van der Waals surface area contributed by atoms with Gasteiger partial charge in [-0.05, 0) is 24.7 Å². The fraction of sp³-hybridized carbons (Fsp3) is 0.923. The van der Waals surface area contributed by atoms with Gasteiger partial charge in [0.15, 0.2) is 0 Å². The number of nitrogens with zero attached hydrogens (tertiary/aromatic N) is 1. The van der Waals surface area contributed by atoms with Gasteiger partial charge in [-0.2, -0.15) is 0 Å². The molecule has 1 atom stereocenters. The van der Waals surface area contributed by atoms with Crippen molar-refractivity contribution in [1.82, 2.24) is 15.5 Å². The van der Waals surface area contributed by atoms with E-state index in [0.29, 0.717) is 5.41 Å². The fourth-order valence-corrected chi connectivity index (χ4v) is 2.69. The van der Waals surface area contributed by atoms with Gasteiger partial charge in [0.05, 0.1) is 6.04 Å². The third kappa shape index (κ3) is 3.42. The maximum atomic E-state index is 12.3. The van der Waals surface area contributed by atoms with E-state index in [9.17, 15) is 4.79 Å². The maximum Gasteiger partial charge on any atom is 0.241 e. The third-order valence-electron chi connectivity index (χ3n) is 3.99. The molecule has 17 heavy (non-hydrogen) atoms. The van der Waals surface area contributed by atoms with Crippen LogP contribution in [0.3, 0.4) is 0 Å². The summed E-state index contributed by atoms with van der Waals surface area (Å²) in [5, 5.41) is 6.58. The summed E-state index contributed by atoms with van der Waals surface area (Å²) in [4.78, 5) is 14.4. The van der Waals surface area contributed by atoms with Crippen LogP contribution in [-0.4, -0.2) is 49.6 Å². The second-order valence-corrected chi connectivity index (χ2v) is 6.05. The normalized spacial score (nSPS) is 29.8. The van der Waals surface area contributed by atoms with Crippen LogP contribution in [0, 0.1) is 5.41 Å². The van der Waals surface area contributed by atoms with Crippen LogP contribution in [0.15, 0.2) is 0 Å². The van der Waals surface area contributed by atoms with Crippen molar-refractivity contribution in [2.24, 2.45) is 5.41 Å². The zero-order valence-corrected chi connectivity index (χ0v) is 11.1. The van der Waals surface area contributed by atoms with E-state index in [1.165, 1.54) is 6.42 Å². The lowest BCUT2D eigenvalue weighted by Crippen LogP contribution is -2.56. The molecule has 0 aromatic rings. The molecular formula is C13H25N3O. The molecule has 1 amide bonds. The molecule has 0 bridgehead atoms. The number of hydrogen-bond acceptors (Lipinski definition) is 3. The van der Waals surface area contributed by atoms with Crippen molar-refractivity contribution < 1.29 is 4.79 Å². The summed E-state index contributed by atoms with van der Waals surface area (Å²) in [6, 6.07) is -0.00929. The van der Waals surface area contributed by atoms with E-state index in [0.717, 1.165) is 45.6 Å². The summed E-state index contributed by atoms with van der Waals surface area (Å²) in [7, 11) is 0. The minimum Gasteiger partial charge on any atom is -0.341 e. The number of carbonyl (C=O) groups is 1. The van der Waals surface area contributed by atoms with Crippen LogP contribution in [0.5, 0.6) is 0 Å². The van der Waals surface area contributed by atoms with Crippen LogP contribution >= 0.6 is 0 Å². The van der Waals surface area contributed by atoms with Crippen LogP contribution in [0.1, 0.15) is 33.1 Å². The number of rotatable bonds is 1. The van der Waals surface area contributed by atoms with Crippen LogP contribution in [0.2, 0.25) is 0 Å². The monoisotopic (exact) mass is 239 g/mol. The number of piperazine rings is 1. The standard InChI is InChI=1S/C13H25N3O/c1-13(2)4-3-8-16(9-5-13)12(17)11-10-14-6-7-15-11/h11,14-15H,3-10H2,1-2H3. The van der Waals surface area contributed by atoms with Gasteiger partial charge >= 0.3 is 0 Å². The predicted octanol–water partition coefficient (Wildman–Crippen LogP) is 0.587. The fourth-order valence-electron chi connectivity index (χ4n) is 2.69. The van der Waals surface area contributed by atoms with Crippen LogP contribution in [0.25, 0.3) is 0 Å². The van der Waals surface area contributed by atoms with E-state index in [1.807, 2.05) is 0 Å². The Labute approximate surface area is 104 Å². The first-order valence-corrected chi connectivity index (χ1v) is 6.81. The van der Waals surface area contributed by atoms with Gasteiger partial charge in [-0.1, -0.05) is 13.8 Å². The maximum absolute atomic E-state index is 12.3. The van der Waals surface area contributed by atoms with Gasteiger partial charge in [0.2, 0.25) is 5.91 Å². The number of hydrogen-bond donors (Lipinski definition) is 2. The average Bonchev–Trinajstić information content (AvgIpc) is 2.50. The Hall–Kier alpha value is -0.610. The second kappa shape index (κ2) is 5.36. The zero-order chi connectivity index (χ0) is 12.3. The molecule has 2 rings (SSSR count). The predicted molar refractivity (Wildman–Crippen MR) is 68.9 cm³/mol. The number of nitrogens with one attached hydrogen (secondary N) is 2. The van der Waals surface area contributed by atoms with E-state index in [4.69, 9.17) is 0 Å². The van der Waals surface area contributed by atoms with Crippen LogP contribution in [0.4, 0.5) is 0 Å². The molecule has 2 aliphatic heterocycles. The molecule has 0 saturated carbocycles. The van der Waals surface area contributed by atoms with Gasteiger partial charge in [0.1, 0.15) is 0 Å². The lowest BCUT2D eigenvalue weighted by atomic mass is 9.85. The minimum atomic E-state index is -0.00929. The SMILES string of the molecule is CC1(C)CCCN(C(=O)C2CNCCN2)CC1. The Kier molecular flexibility index (Phi) is 4.05. The van der Waals surface area contributed by atoms with Crippen molar-refractivity contribution in [2.45, 2.75) is 39.2 Å². The summed E-state index contributed by atoms with van der Waals surface area (Å²) in [6.45, 7) is 9.11. The largest absolute Gasteiger partial charge is 0.341 e. The van der Waals surface area contributed by atoms with E-state index < -0.39 is 0 Å². The summed E-state index contributed by atoms with van der Waals surface area (Å²) < 4.78 is 0. The quantitative estimate of drug-likeness (QED) is 0.704. The Morgan fingerprint density at radius 3 is 2.76 bits per heavy atom. The molecule has 0 radical (unpaired) electrons. The molecular weight excluding hydrogens is 214 g/mol. The van der Waals surface area contributed by atoms with Crippen LogP contribution in [-0.2, 0) is 4.79 Å². The molecule has 0 aromatic heterocycles. The zero-order valence-electron chi connectivity index (χ0n) is 11.1. The highest BCUT2D eigenvalue weighted by Crippen LogP contribution is 2.29. The van der Waals surface area contributed by atoms with Gasteiger partial charge in [0.25, 0.3) is 0 Å². The number of carbonyl (C=O) groups excluding carboxylic acids is 1. The van der Waals surface area contributed by atoms with E-state index in [2.05, 4.69) is 29.4 Å². The van der Waals surface area contributed by atoms with Crippen molar-refractivity contribution >= 4 is 5.91 Å². The van der Waals surface area contributed by atoms with Crippen molar-refractivity contribution in [3.8, 4) is 0 Å². The van der Waals surface area contributed by atoms with E-state index in [-0.39, 0.29) is 11.9 Å². The first-order valence-electron chi connectivity index (χ1n) is 6.81. The molecule has 2 fully saturated rings.